The maximum Gasteiger partial charge on any atom is 0.356 e. The molecule has 5 nitrogen and oxygen atoms in total. The third-order valence-corrected chi connectivity index (χ3v) is 1.84. The maximum absolute atomic E-state index is 11.1. The van der Waals surface area contributed by atoms with Crippen LogP contribution in [0.5, 0.6) is 0 Å². The molecule has 0 fully saturated rings. The maximum atomic E-state index is 11.1. The van der Waals surface area contributed by atoms with Crippen molar-refractivity contribution in [1.82, 2.24) is 0 Å². The van der Waals surface area contributed by atoms with Crippen LogP contribution in [0.3, 0.4) is 0 Å². The number of hydrazone groups is 1. The number of nitrogens with zero attached hydrogens (tertiary/aromatic N) is 1. The van der Waals surface area contributed by atoms with Crippen LogP contribution in [0.25, 0.3) is 0 Å². The first-order valence-electron chi connectivity index (χ1n) is 3.94. The molecule has 1 aromatic rings. The van der Waals surface area contributed by atoms with Gasteiger partial charge in [-0.1, -0.05) is 6.07 Å². The SMILES string of the molecule is Cc1ccc(C(=O)ON)cc1C=NN. The van der Waals surface area contributed by atoms with Crippen molar-refractivity contribution in [3.8, 4) is 0 Å². The molecule has 0 unspecified atom stereocenters. The predicted molar refractivity (Wildman–Crippen MR) is 52.6 cm³/mol. The molecule has 0 bridgehead atoms. The summed E-state index contributed by atoms with van der Waals surface area (Å²) in [6.07, 6.45) is 1.46. The van der Waals surface area contributed by atoms with Crippen LogP contribution in [0.4, 0.5) is 0 Å². The largest absolute Gasteiger partial charge is 0.370 e. The molecule has 1 aromatic carbocycles. The van der Waals surface area contributed by atoms with Gasteiger partial charge in [0.15, 0.2) is 0 Å². The van der Waals surface area contributed by atoms with Crippen molar-refractivity contribution in [3.05, 3.63) is 34.9 Å². The minimum atomic E-state index is -0.586. The van der Waals surface area contributed by atoms with Gasteiger partial charge in [-0.2, -0.15) is 11.0 Å². The van der Waals surface area contributed by atoms with Crippen LogP contribution >= 0.6 is 0 Å². The molecular weight excluding hydrogens is 182 g/mol. The number of hydrogen-bond acceptors (Lipinski definition) is 5. The molecule has 0 spiro atoms. The monoisotopic (exact) mass is 193 g/mol. The van der Waals surface area contributed by atoms with Gasteiger partial charge >= 0.3 is 5.97 Å². The van der Waals surface area contributed by atoms with E-state index in [1.807, 2.05) is 6.92 Å². The first kappa shape index (κ1) is 10.2. The van der Waals surface area contributed by atoms with E-state index in [0.717, 1.165) is 11.1 Å². The van der Waals surface area contributed by atoms with Crippen LogP contribution < -0.4 is 11.7 Å². The summed E-state index contributed by atoms with van der Waals surface area (Å²) in [6.45, 7) is 1.88. The lowest BCUT2D eigenvalue weighted by atomic mass is 10.1. The zero-order chi connectivity index (χ0) is 10.6. The summed E-state index contributed by atoms with van der Waals surface area (Å²) in [7, 11) is 0. The van der Waals surface area contributed by atoms with Crippen molar-refractivity contribution in [3.63, 3.8) is 0 Å². The normalized spacial score (nSPS) is 10.4. The number of aryl methyl sites for hydroxylation is 1. The molecule has 0 aliphatic carbocycles. The molecule has 0 atom stereocenters. The van der Waals surface area contributed by atoms with E-state index in [1.54, 1.807) is 18.2 Å². The average molecular weight is 193 g/mol. The Balaban J connectivity index is 3.12. The number of carbonyl (C=O) groups excluding carboxylic acids is 1. The van der Waals surface area contributed by atoms with Crippen LogP contribution in [0.1, 0.15) is 21.5 Å². The quantitative estimate of drug-likeness (QED) is 0.402. The predicted octanol–water partition coefficient (Wildman–Crippen LogP) is 0.318. The van der Waals surface area contributed by atoms with Gasteiger partial charge in [-0.3, -0.25) is 0 Å². The highest BCUT2D eigenvalue weighted by Crippen LogP contribution is 2.09. The Hall–Kier alpha value is -1.88. The second kappa shape index (κ2) is 4.38. The second-order valence-corrected chi connectivity index (χ2v) is 2.75. The molecule has 0 radical (unpaired) electrons. The fourth-order valence-electron chi connectivity index (χ4n) is 1.05. The van der Waals surface area contributed by atoms with E-state index < -0.39 is 5.97 Å². The molecular formula is C9H11N3O2. The molecule has 0 aliphatic heterocycles. The Morgan fingerprint density at radius 2 is 2.29 bits per heavy atom. The van der Waals surface area contributed by atoms with Crippen LogP contribution in [0, 0.1) is 6.92 Å². The number of carbonyl (C=O) groups is 1. The van der Waals surface area contributed by atoms with Crippen LogP contribution in [0.2, 0.25) is 0 Å². The van der Waals surface area contributed by atoms with E-state index in [0.29, 0.717) is 5.56 Å². The molecule has 4 N–H and O–H groups in total. The van der Waals surface area contributed by atoms with E-state index in [9.17, 15) is 4.79 Å². The first-order chi connectivity index (χ1) is 6.69. The standard InChI is InChI=1S/C9H11N3O2/c1-6-2-3-7(9(13)14-11)4-8(6)5-12-10/h2-5H,10-11H2,1H3. The lowest BCUT2D eigenvalue weighted by Crippen LogP contribution is -2.10. The van der Waals surface area contributed by atoms with E-state index in [1.165, 1.54) is 6.21 Å². The fraction of sp³-hybridized carbons (Fsp3) is 0.111. The summed E-state index contributed by atoms with van der Waals surface area (Å²) in [5.41, 5.74) is 2.09. The molecule has 0 saturated carbocycles. The summed E-state index contributed by atoms with van der Waals surface area (Å²) in [6, 6.07) is 5.00. The molecule has 0 saturated heterocycles. The van der Waals surface area contributed by atoms with E-state index >= 15 is 0 Å². The Kier molecular flexibility index (Phi) is 3.19. The molecule has 14 heavy (non-hydrogen) atoms. The van der Waals surface area contributed by atoms with E-state index in [4.69, 9.17) is 11.7 Å². The molecule has 1 rings (SSSR count). The molecule has 74 valence electrons. The number of benzene rings is 1. The van der Waals surface area contributed by atoms with Gasteiger partial charge in [0.25, 0.3) is 0 Å². The number of nitrogens with two attached hydrogens (primary N) is 2. The highest BCUT2D eigenvalue weighted by atomic mass is 16.7. The fourth-order valence-corrected chi connectivity index (χ4v) is 1.05. The van der Waals surface area contributed by atoms with Crippen molar-refractivity contribution in [2.24, 2.45) is 16.8 Å². The minimum absolute atomic E-state index is 0.369. The van der Waals surface area contributed by atoms with Crippen LogP contribution in [-0.2, 0) is 4.84 Å². The zero-order valence-electron chi connectivity index (χ0n) is 7.73. The summed E-state index contributed by atoms with van der Waals surface area (Å²) >= 11 is 0. The Morgan fingerprint density at radius 3 is 2.86 bits per heavy atom. The first-order valence-corrected chi connectivity index (χ1v) is 3.94. The smallest absolute Gasteiger partial charge is 0.356 e. The van der Waals surface area contributed by atoms with Crippen molar-refractivity contribution in [2.75, 3.05) is 0 Å². The van der Waals surface area contributed by atoms with E-state index in [-0.39, 0.29) is 0 Å². The molecule has 5 heteroatoms. The van der Waals surface area contributed by atoms with Crippen molar-refractivity contribution >= 4 is 12.2 Å². The van der Waals surface area contributed by atoms with Gasteiger partial charge in [0.2, 0.25) is 0 Å². The Labute approximate surface area is 81.3 Å². The van der Waals surface area contributed by atoms with Gasteiger partial charge in [0, 0.05) is 0 Å². The highest BCUT2D eigenvalue weighted by molar-refractivity contribution is 5.92. The lowest BCUT2D eigenvalue weighted by Gasteiger charge is -2.02. The Bertz CT molecular complexity index is 374. The van der Waals surface area contributed by atoms with Crippen molar-refractivity contribution in [2.45, 2.75) is 6.92 Å². The Morgan fingerprint density at radius 1 is 1.57 bits per heavy atom. The van der Waals surface area contributed by atoms with Gasteiger partial charge in [0.05, 0.1) is 11.8 Å². The summed E-state index contributed by atoms with van der Waals surface area (Å²) < 4.78 is 0. The lowest BCUT2D eigenvalue weighted by molar-refractivity contribution is 0.0503. The van der Waals surface area contributed by atoms with Gasteiger partial charge in [-0.25, -0.2) is 4.79 Å². The summed E-state index contributed by atoms with van der Waals surface area (Å²) in [5, 5.41) is 3.38. The third-order valence-electron chi connectivity index (χ3n) is 1.84. The molecule has 0 aromatic heterocycles. The summed E-state index contributed by atoms with van der Waals surface area (Å²) in [5.74, 6) is 9.19. The second-order valence-electron chi connectivity index (χ2n) is 2.75. The highest BCUT2D eigenvalue weighted by Gasteiger charge is 2.07. The van der Waals surface area contributed by atoms with Crippen molar-refractivity contribution in [1.29, 1.82) is 0 Å². The molecule has 0 aliphatic rings. The van der Waals surface area contributed by atoms with Gasteiger partial charge in [-0.05, 0) is 30.2 Å². The number of hydrogen-bond donors (Lipinski definition) is 2. The topological polar surface area (TPSA) is 90.7 Å². The van der Waals surface area contributed by atoms with Gasteiger partial charge in [-0.15, -0.1) is 0 Å². The minimum Gasteiger partial charge on any atom is -0.370 e. The van der Waals surface area contributed by atoms with E-state index in [2.05, 4.69) is 9.94 Å². The van der Waals surface area contributed by atoms with Crippen LogP contribution in [0.15, 0.2) is 23.3 Å². The van der Waals surface area contributed by atoms with Crippen LogP contribution in [-0.4, -0.2) is 12.2 Å². The van der Waals surface area contributed by atoms with Gasteiger partial charge < -0.3 is 10.7 Å². The summed E-state index contributed by atoms with van der Waals surface area (Å²) in [4.78, 5) is 15.2. The third kappa shape index (κ3) is 2.08. The van der Waals surface area contributed by atoms with Crippen molar-refractivity contribution < 1.29 is 9.63 Å². The van der Waals surface area contributed by atoms with Gasteiger partial charge in [0.1, 0.15) is 0 Å². The number of rotatable bonds is 2. The average Bonchev–Trinajstić information content (AvgIpc) is 2.20. The molecule has 0 amide bonds. The molecule has 0 heterocycles. The zero-order valence-corrected chi connectivity index (χ0v) is 7.73.